The molecular formula is C17H21NOS. The Morgan fingerprint density at radius 2 is 1.65 bits per heavy atom. The van der Waals surface area contributed by atoms with Crippen LogP contribution < -0.4 is 5.32 Å². The Morgan fingerprint density at radius 3 is 2.15 bits per heavy atom. The van der Waals surface area contributed by atoms with Crippen LogP contribution >= 0.6 is 11.3 Å². The first-order valence-corrected chi connectivity index (χ1v) is 7.82. The summed E-state index contributed by atoms with van der Waals surface area (Å²) in [7, 11) is 0. The molecule has 0 fully saturated rings. The lowest BCUT2D eigenvalue weighted by atomic mass is 9.99. The average molecular weight is 287 g/mol. The van der Waals surface area contributed by atoms with Crippen molar-refractivity contribution >= 4 is 17.2 Å². The maximum Gasteiger partial charge on any atom is 0.262 e. The monoisotopic (exact) mass is 287 g/mol. The topological polar surface area (TPSA) is 29.1 Å². The van der Waals surface area contributed by atoms with Crippen molar-refractivity contribution in [2.75, 3.05) is 0 Å². The van der Waals surface area contributed by atoms with Crippen molar-refractivity contribution in [1.82, 2.24) is 5.32 Å². The summed E-state index contributed by atoms with van der Waals surface area (Å²) < 4.78 is 0. The fourth-order valence-electron chi connectivity index (χ4n) is 2.12. The third-order valence-corrected chi connectivity index (χ3v) is 4.53. The van der Waals surface area contributed by atoms with Crippen LogP contribution in [0, 0.1) is 6.92 Å². The molecule has 0 aliphatic heterocycles. The number of rotatable bonds is 4. The molecular weight excluding hydrogens is 266 g/mol. The van der Waals surface area contributed by atoms with Gasteiger partial charge in [0.05, 0.1) is 10.9 Å². The van der Waals surface area contributed by atoms with Crippen LogP contribution in [0.1, 0.15) is 59.1 Å². The third kappa shape index (κ3) is 3.28. The van der Waals surface area contributed by atoms with Gasteiger partial charge in [-0.1, -0.05) is 38.1 Å². The zero-order valence-corrected chi connectivity index (χ0v) is 13.3. The van der Waals surface area contributed by atoms with Gasteiger partial charge in [-0.3, -0.25) is 4.79 Å². The smallest absolute Gasteiger partial charge is 0.262 e. The zero-order valence-electron chi connectivity index (χ0n) is 12.4. The highest BCUT2D eigenvalue weighted by Gasteiger charge is 2.14. The first kappa shape index (κ1) is 14.8. The first-order chi connectivity index (χ1) is 9.49. The van der Waals surface area contributed by atoms with Gasteiger partial charge in [0.1, 0.15) is 0 Å². The van der Waals surface area contributed by atoms with E-state index >= 15 is 0 Å². The summed E-state index contributed by atoms with van der Waals surface area (Å²) in [4.78, 5) is 13.0. The van der Waals surface area contributed by atoms with Gasteiger partial charge in [-0.25, -0.2) is 0 Å². The molecule has 2 nitrogen and oxygen atoms in total. The summed E-state index contributed by atoms with van der Waals surface area (Å²) in [6.45, 7) is 8.35. The predicted molar refractivity (Wildman–Crippen MR) is 85.5 cm³/mol. The molecule has 1 aromatic heterocycles. The molecule has 106 valence electrons. The van der Waals surface area contributed by atoms with Crippen molar-refractivity contribution in [3.63, 3.8) is 0 Å². The summed E-state index contributed by atoms with van der Waals surface area (Å²) in [6.07, 6.45) is 0. The highest BCUT2D eigenvalue weighted by Crippen LogP contribution is 2.20. The highest BCUT2D eigenvalue weighted by atomic mass is 32.1. The standard InChI is InChI=1S/C17H21NOS/c1-11(2)14-5-7-15(8-6-14)13(4)18-17(19)16-12(3)9-10-20-16/h5-11,13H,1-4H3,(H,18,19)/t13-/m0/s1. The molecule has 2 aromatic rings. The molecule has 2 rings (SSSR count). The number of aryl methyl sites for hydroxylation is 1. The fourth-order valence-corrected chi connectivity index (χ4v) is 2.95. The number of nitrogens with one attached hydrogen (secondary N) is 1. The van der Waals surface area contributed by atoms with E-state index in [-0.39, 0.29) is 11.9 Å². The number of benzene rings is 1. The molecule has 0 saturated carbocycles. The fraction of sp³-hybridized carbons (Fsp3) is 0.353. The van der Waals surface area contributed by atoms with Crippen LogP contribution in [-0.2, 0) is 0 Å². The Balaban J connectivity index is 2.06. The maximum absolute atomic E-state index is 12.2. The van der Waals surface area contributed by atoms with Gasteiger partial charge in [0.25, 0.3) is 5.91 Å². The van der Waals surface area contributed by atoms with E-state index in [1.807, 2.05) is 25.3 Å². The van der Waals surface area contributed by atoms with Crippen LogP contribution in [-0.4, -0.2) is 5.91 Å². The van der Waals surface area contributed by atoms with E-state index in [2.05, 4.69) is 43.4 Å². The maximum atomic E-state index is 12.2. The molecule has 0 aliphatic rings. The molecule has 1 heterocycles. The summed E-state index contributed by atoms with van der Waals surface area (Å²) >= 11 is 1.49. The second-order valence-corrected chi connectivity index (χ2v) is 6.37. The van der Waals surface area contributed by atoms with E-state index in [0.29, 0.717) is 5.92 Å². The molecule has 0 saturated heterocycles. The van der Waals surface area contributed by atoms with Crippen LogP contribution in [0.2, 0.25) is 0 Å². The normalized spacial score (nSPS) is 12.4. The third-order valence-electron chi connectivity index (χ3n) is 3.52. The Labute approximate surface area is 124 Å². The lowest BCUT2D eigenvalue weighted by molar-refractivity contribution is 0.0943. The van der Waals surface area contributed by atoms with E-state index in [4.69, 9.17) is 0 Å². The predicted octanol–water partition coefficient (Wildman–Crippen LogP) is 4.67. The van der Waals surface area contributed by atoms with Crippen molar-refractivity contribution in [2.24, 2.45) is 0 Å². The van der Waals surface area contributed by atoms with Gasteiger partial charge in [-0.15, -0.1) is 11.3 Å². The van der Waals surface area contributed by atoms with Gasteiger partial charge in [-0.05, 0) is 47.9 Å². The average Bonchev–Trinajstić information content (AvgIpc) is 2.85. The Hall–Kier alpha value is -1.61. The van der Waals surface area contributed by atoms with Crippen LogP contribution in [0.5, 0.6) is 0 Å². The van der Waals surface area contributed by atoms with Crippen LogP contribution in [0.15, 0.2) is 35.7 Å². The molecule has 20 heavy (non-hydrogen) atoms. The summed E-state index contributed by atoms with van der Waals surface area (Å²) in [5, 5.41) is 5.01. The number of hydrogen-bond acceptors (Lipinski definition) is 2. The lowest BCUT2D eigenvalue weighted by Gasteiger charge is -2.15. The largest absolute Gasteiger partial charge is 0.345 e. The Morgan fingerprint density at radius 1 is 1.05 bits per heavy atom. The molecule has 0 aliphatic carbocycles. The van der Waals surface area contributed by atoms with Crippen LogP contribution in [0.4, 0.5) is 0 Å². The Kier molecular flexibility index (Phi) is 4.61. The Bertz CT molecular complexity index is 583. The highest BCUT2D eigenvalue weighted by molar-refractivity contribution is 7.12. The molecule has 0 spiro atoms. The van der Waals surface area contributed by atoms with E-state index in [1.165, 1.54) is 16.9 Å². The van der Waals surface area contributed by atoms with E-state index in [0.717, 1.165) is 16.0 Å². The minimum Gasteiger partial charge on any atom is -0.345 e. The van der Waals surface area contributed by atoms with Crippen molar-refractivity contribution in [1.29, 1.82) is 0 Å². The van der Waals surface area contributed by atoms with E-state index in [1.54, 1.807) is 0 Å². The summed E-state index contributed by atoms with van der Waals surface area (Å²) in [5.41, 5.74) is 3.49. The van der Waals surface area contributed by atoms with E-state index in [9.17, 15) is 4.79 Å². The quantitative estimate of drug-likeness (QED) is 0.869. The van der Waals surface area contributed by atoms with Gasteiger partial charge < -0.3 is 5.32 Å². The minimum atomic E-state index is 0.0120. The van der Waals surface area contributed by atoms with Crippen molar-refractivity contribution < 1.29 is 4.79 Å². The van der Waals surface area contributed by atoms with Crippen LogP contribution in [0.25, 0.3) is 0 Å². The molecule has 0 radical (unpaired) electrons. The second kappa shape index (κ2) is 6.23. The van der Waals surface area contributed by atoms with Crippen molar-refractivity contribution in [2.45, 2.75) is 39.7 Å². The number of thiophene rings is 1. The van der Waals surface area contributed by atoms with Crippen LogP contribution in [0.3, 0.4) is 0 Å². The molecule has 1 N–H and O–H groups in total. The SMILES string of the molecule is Cc1ccsc1C(=O)N[C@@H](C)c1ccc(C(C)C)cc1. The molecule has 0 bridgehead atoms. The summed E-state index contributed by atoms with van der Waals surface area (Å²) in [5.74, 6) is 0.542. The number of carbonyl (C=O) groups excluding carboxylic acids is 1. The van der Waals surface area contributed by atoms with Gasteiger partial charge in [0.2, 0.25) is 0 Å². The zero-order chi connectivity index (χ0) is 14.7. The second-order valence-electron chi connectivity index (χ2n) is 5.45. The first-order valence-electron chi connectivity index (χ1n) is 6.94. The number of carbonyl (C=O) groups is 1. The number of amides is 1. The minimum absolute atomic E-state index is 0.0120. The van der Waals surface area contributed by atoms with Gasteiger partial charge in [0.15, 0.2) is 0 Å². The van der Waals surface area contributed by atoms with Crippen molar-refractivity contribution in [3.05, 3.63) is 57.3 Å². The van der Waals surface area contributed by atoms with Gasteiger partial charge in [0, 0.05) is 0 Å². The van der Waals surface area contributed by atoms with E-state index < -0.39 is 0 Å². The molecule has 3 heteroatoms. The van der Waals surface area contributed by atoms with Crippen molar-refractivity contribution in [3.8, 4) is 0 Å². The lowest BCUT2D eigenvalue weighted by Crippen LogP contribution is -2.26. The molecule has 1 amide bonds. The molecule has 0 unspecified atom stereocenters. The molecule has 1 aromatic carbocycles. The van der Waals surface area contributed by atoms with Gasteiger partial charge >= 0.3 is 0 Å². The number of hydrogen-bond donors (Lipinski definition) is 1. The van der Waals surface area contributed by atoms with Gasteiger partial charge in [-0.2, -0.15) is 0 Å². The molecule has 1 atom stereocenters. The summed E-state index contributed by atoms with van der Waals surface area (Å²) in [6, 6.07) is 10.5.